The SMILES string of the molecule is COC(OC)C(C)NCc1ccc(CC(=O)O)s1. The molecular weight excluding hydrogens is 254 g/mol. The normalized spacial score (nSPS) is 12.9. The zero-order valence-electron chi connectivity index (χ0n) is 10.8. The number of hydrogen-bond donors (Lipinski definition) is 2. The van der Waals surface area contributed by atoms with Gasteiger partial charge >= 0.3 is 5.97 Å². The highest BCUT2D eigenvalue weighted by Gasteiger charge is 2.15. The van der Waals surface area contributed by atoms with Gasteiger partial charge in [-0.1, -0.05) is 0 Å². The Morgan fingerprint density at radius 1 is 1.39 bits per heavy atom. The molecule has 0 aromatic carbocycles. The molecule has 0 saturated heterocycles. The minimum absolute atomic E-state index is 0.0602. The van der Waals surface area contributed by atoms with E-state index in [2.05, 4.69) is 5.32 Å². The standard InChI is InChI=1S/C12H19NO4S/c1-8(12(16-2)17-3)13-7-10-5-4-9(18-10)6-11(14)15/h4-5,8,12-13H,6-7H2,1-3H3,(H,14,15). The Hall–Kier alpha value is -0.950. The molecule has 0 bridgehead atoms. The topological polar surface area (TPSA) is 67.8 Å². The van der Waals surface area contributed by atoms with Gasteiger partial charge in [-0.15, -0.1) is 11.3 Å². The summed E-state index contributed by atoms with van der Waals surface area (Å²) in [7, 11) is 3.20. The summed E-state index contributed by atoms with van der Waals surface area (Å²) < 4.78 is 10.3. The summed E-state index contributed by atoms with van der Waals surface area (Å²) in [5, 5.41) is 12.0. The molecule has 6 heteroatoms. The van der Waals surface area contributed by atoms with Gasteiger partial charge in [0.1, 0.15) is 0 Å². The summed E-state index contributed by atoms with van der Waals surface area (Å²) in [6.45, 7) is 2.65. The van der Waals surface area contributed by atoms with Crippen molar-refractivity contribution in [3.63, 3.8) is 0 Å². The van der Waals surface area contributed by atoms with Crippen LogP contribution in [0, 0.1) is 0 Å². The molecule has 0 aliphatic carbocycles. The fourth-order valence-electron chi connectivity index (χ4n) is 1.62. The zero-order valence-corrected chi connectivity index (χ0v) is 11.6. The van der Waals surface area contributed by atoms with Crippen molar-refractivity contribution in [2.24, 2.45) is 0 Å². The molecule has 1 aromatic rings. The Balaban J connectivity index is 2.43. The molecule has 1 heterocycles. The predicted molar refractivity (Wildman–Crippen MR) is 69.8 cm³/mol. The lowest BCUT2D eigenvalue weighted by molar-refractivity contribution is -0.136. The van der Waals surface area contributed by atoms with Crippen molar-refractivity contribution in [2.75, 3.05) is 14.2 Å². The van der Waals surface area contributed by atoms with Crippen molar-refractivity contribution < 1.29 is 19.4 Å². The largest absolute Gasteiger partial charge is 0.481 e. The van der Waals surface area contributed by atoms with Gasteiger partial charge in [-0.3, -0.25) is 4.79 Å². The minimum atomic E-state index is -0.802. The predicted octanol–water partition coefficient (Wildman–Crippen LogP) is 1.47. The minimum Gasteiger partial charge on any atom is -0.481 e. The highest BCUT2D eigenvalue weighted by atomic mass is 32.1. The summed E-state index contributed by atoms with van der Waals surface area (Å²) in [4.78, 5) is 12.5. The van der Waals surface area contributed by atoms with Crippen LogP contribution in [0.1, 0.15) is 16.7 Å². The lowest BCUT2D eigenvalue weighted by Gasteiger charge is -2.21. The average Bonchev–Trinajstić information content (AvgIpc) is 2.75. The van der Waals surface area contributed by atoms with Crippen molar-refractivity contribution >= 4 is 17.3 Å². The third kappa shape index (κ3) is 4.73. The first-order valence-corrected chi connectivity index (χ1v) is 6.46. The summed E-state index contributed by atoms with van der Waals surface area (Å²) in [5.41, 5.74) is 0. The van der Waals surface area contributed by atoms with Crippen LogP contribution in [0.25, 0.3) is 0 Å². The highest BCUT2D eigenvalue weighted by molar-refractivity contribution is 7.12. The molecule has 18 heavy (non-hydrogen) atoms. The zero-order chi connectivity index (χ0) is 13.5. The molecule has 1 atom stereocenters. The van der Waals surface area contributed by atoms with Gasteiger partial charge in [-0.2, -0.15) is 0 Å². The van der Waals surface area contributed by atoms with Crippen molar-refractivity contribution in [3.05, 3.63) is 21.9 Å². The molecule has 5 nitrogen and oxygen atoms in total. The van der Waals surface area contributed by atoms with Gasteiger partial charge in [-0.05, 0) is 19.1 Å². The van der Waals surface area contributed by atoms with Crippen LogP contribution in [-0.2, 0) is 27.2 Å². The van der Waals surface area contributed by atoms with E-state index in [9.17, 15) is 4.79 Å². The van der Waals surface area contributed by atoms with E-state index in [1.807, 2.05) is 19.1 Å². The van der Waals surface area contributed by atoms with E-state index in [0.29, 0.717) is 6.54 Å². The van der Waals surface area contributed by atoms with Gasteiger partial charge in [0.15, 0.2) is 6.29 Å². The number of hydrogen-bond acceptors (Lipinski definition) is 5. The number of thiophene rings is 1. The molecule has 0 fully saturated rings. The summed E-state index contributed by atoms with van der Waals surface area (Å²) >= 11 is 1.51. The number of carboxylic acids is 1. The van der Waals surface area contributed by atoms with Crippen molar-refractivity contribution in [3.8, 4) is 0 Å². The van der Waals surface area contributed by atoms with Crippen LogP contribution in [0.3, 0.4) is 0 Å². The van der Waals surface area contributed by atoms with Crippen LogP contribution in [-0.4, -0.2) is 37.6 Å². The quantitative estimate of drug-likeness (QED) is 0.702. The molecule has 1 unspecified atom stereocenters. The average molecular weight is 273 g/mol. The van der Waals surface area contributed by atoms with E-state index in [0.717, 1.165) is 9.75 Å². The monoisotopic (exact) mass is 273 g/mol. The maximum atomic E-state index is 10.6. The van der Waals surface area contributed by atoms with Crippen LogP contribution < -0.4 is 5.32 Å². The molecule has 0 radical (unpaired) electrons. The fourth-order valence-corrected chi connectivity index (χ4v) is 2.58. The lowest BCUT2D eigenvalue weighted by Crippen LogP contribution is -2.39. The second-order valence-corrected chi connectivity index (χ2v) is 5.20. The molecule has 1 rings (SSSR count). The van der Waals surface area contributed by atoms with Crippen molar-refractivity contribution in [1.82, 2.24) is 5.32 Å². The number of methoxy groups -OCH3 is 2. The molecule has 0 spiro atoms. The van der Waals surface area contributed by atoms with Gasteiger partial charge in [0, 0.05) is 30.5 Å². The molecule has 1 aromatic heterocycles. The van der Waals surface area contributed by atoms with E-state index in [-0.39, 0.29) is 18.8 Å². The molecule has 2 N–H and O–H groups in total. The number of nitrogens with one attached hydrogen (secondary N) is 1. The van der Waals surface area contributed by atoms with E-state index >= 15 is 0 Å². The van der Waals surface area contributed by atoms with E-state index in [1.165, 1.54) is 11.3 Å². The Morgan fingerprint density at radius 3 is 2.56 bits per heavy atom. The summed E-state index contributed by atoms with van der Waals surface area (Å²) in [6, 6.07) is 3.85. The van der Waals surface area contributed by atoms with Gasteiger partial charge < -0.3 is 19.9 Å². The number of rotatable bonds is 8. The Labute approximate surface area is 111 Å². The van der Waals surface area contributed by atoms with Gasteiger partial charge in [0.05, 0.1) is 12.5 Å². The number of carbonyl (C=O) groups is 1. The van der Waals surface area contributed by atoms with Gasteiger partial charge in [-0.25, -0.2) is 0 Å². The van der Waals surface area contributed by atoms with Crippen molar-refractivity contribution in [1.29, 1.82) is 0 Å². The summed E-state index contributed by atoms with van der Waals surface area (Å²) in [6.07, 6.45) is -0.206. The smallest absolute Gasteiger partial charge is 0.308 e. The second-order valence-electron chi connectivity index (χ2n) is 3.95. The Bertz CT molecular complexity index is 376. The molecular formula is C12H19NO4S. The maximum Gasteiger partial charge on any atom is 0.308 e. The molecule has 0 saturated carbocycles. The fraction of sp³-hybridized carbons (Fsp3) is 0.583. The number of carboxylic acid groups (broad SMARTS) is 1. The van der Waals surface area contributed by atoms with E-state index in [4.69, 9.17) is 14.6 Å². The van der Waals surface area contributed by atoms with Crippen LogP contribution in [0.4, 0.5) is 0 Å². The number of aliphatic carboxylic acids is 1. The molecule has 0 amide bonds. The number of ether oxygens (including phenoxy) is 2. The first-order chi connectivity index (χ1) is 8.56. The highest BCUT2D eigenvalue weighted by Crippen LogP contribution is 2.17. The molecule has 0 aliphatic rings. The molecule has 0 aliphatic heterocycles. The second kappa shape index (κ2) is 7.48. The van der Waals surface area contributed by atoms with Crippen LogP contribution in [0.2, 0.25) is 0 Å². The van der Waals surface area contributed by atoms with E-state index in [1.54, 1.807) is 14.2 Å². The Kier molecular flexibility index (Phi) is 6.28. The van der Waals surface area contributed by atoms with Crippen LogP contribution in [0.5, 0.6) is 0 Å². The van der Waals surface area contributed by atoms with Gasteiger partial charge in [0.2, 0.25) is 0 Å². The van der Waals surface area contributed by atoms with E-state index < -0.39 is 5.97 Å². The third-order valence-electron chi connectivity index (χ3n) is 2.51. The van der Waals surface area contributed by atoms with Gasteiger partial charge in [0.25, 0.3) is 0 Å². The third-order valence-corrected chi connectivity index (χ3v) is 3.60. The lowest BCUT2D eigenvalue weighted by atomic mass is 10.3. The Morgan fingerprint density at radius 2 is 2.00 bits per heavy atom. The first-order valence-electron chi connectivity index (χ1n) is 5.65. The van der Waals surface area contributed by atoms with Crippen LogP contribution in [0.15, 0.2) is 12.1 Å². The molecule has 102 valence electrons. The first kappa shape index (κ1) is 15.1. The summed E-state index contributed by atoms with van der Waals surface area (Å²) in [5.74, 6) is -0.802. The van der Waals surface area contributed by atoms with Crippen molar-refractivity contribution in [2.45, 2.75) is 32.2 Å². The van der Waals surface area contributed by atoms with Crippen LogP contribution >= 0.6 is 11.3 Å². The maximum absolute atomic E-state index is 10.6.